The summed E-state index contributed by atoms with van der Waals surface area (Å²) in [4.78, 5) is 16.2. The van der Waals surface area contributed by atoms with Gasteiger partial charge in [-0.3, -0.25) is 9.78 Å². The monoisotopic (exact) mass is 262 g/mol. The van der Waals surface area contributed by atoms with Crippen LogP contribution < -0.4 is 5.73 Å². The maximum absolute atomic E-state index is 12.2. The van der Waals surface area contributed by atoms with Gasteiger partial charge in [-0.05, 0) is 49.3 Å². The standard InChI is InChI=1S/C16H26N2O/c1-12-9-13(11-18-10-12)15(19)6-5-14(7-8-17)16(2,3)4/h9-11,14H,5-8,17H2,1-4H3. The number of carbonyl (C=O) groups excluding carboxylic acids is 1. The Hall–Kier alpha value is -1.22. The van der Waals surface area contributed by atoms with Gasteiger partial charge in [-0.25, -0.2) is 0 Å². The Balaban J connectivity index is 2.62. The minimum Gasteiger partial charge on any atom is -0.330 e. The molecular weight excluding hydrogens is 236 g/mol. The number of pyridine rings is 1. The van der Waals surface area contributed by atoms with Gasteiger partial charge in [-0.1, -0.05) is 20.8 Å². The number of aromatic nitrogens is 1. The highest BCUT2D eigenvalue weighted by molar-refractivity contribution is 5.95. The Labute approximate surface area is 116 Å². The molecule has 0 aliphatic rings. The summed E-state index contributed by atoms with van der Waals surface area (Å²) in [5, 5.41) is 0. The Morgan fingerprint density at radius 2 is 2.00 bits per heavy atom. The van der Waals surface area contributed by atoms with Crippen LogP contribution in [0.4, 0.5) is 0 Å². The van der Waals surface area contributed by atoms with E-state index >= 15 is 0 Å². The number of hydrogen-bond donors (Lipinski definition) is 1. The highest BCUT2D eigenvalue weighted by Crippen LogP contribution is 2.32. The van der Waals surface area contributed by atoms with Gasteiger partial charge in [-0.2, -0.15) is 0 Å². The van der Waals surface area contributed by atoms with Crippen LogP contribution in [0, 0.1) is 18.3 Å². The molecule has 0 aromatic carbocycles. The molecule has 1 aromatic rings. The molecule has 1 unspecified atom stereocenters. The minimum atomic E-state index is 0.183. The van der Waals surface area contributed by atoms with Crippen molar-refractivity contribution in [2.75, 3.05) is 6.54 Å². The SMILES string of the molecule is Cc1cncc(C(=O)CCC(CCN)C(C)(C)C)c1. The molecule has 3 nitrogen and oxygen atoms in total. The first kappa shape index (κ1) is 15.8. The van der Waals surface area contributed by atoms with Crippen LogP contribution in [0.1, 0.15) is 56.0 Å². The normalized spacial score (nSPS) is 13.3. The second-order valence-corrected chi connectivity index (χ2v) is 6.35. The highest BCUT2D eigenvalue weighted by Gasteiger charge is 2.24. The van der Waals surface area contributed by atoms with Crippen molar-refractivity contribution < 1.29 is 4.79 Å². The van der Waals surface area contributed by atoms with Crippen LogP contribution in [0.5, 0.6) is 0 Å². The van der Waals surface area contributed by atoms with Crippen LogP contribution in [0.2, 0.25) is 0 Å². The summed E-state index contributed by atoms with van der Waals surface area (Å²) in [7, 11) is 0. The predicted octanol–water partition coefficient (Wildman–Crippen LogP) is 3.36. The van der Waals surface area contributed by atoms with Gasteiger partial charge in [-0.15, -0.1) is 0 Å². The number of rotatable bonds is 6. The molecule has 1 rings (SSSR count). The lowest BCUT2D eigenvalue weighted by molar-refractivity contribution is 0.0957. The Morgan fingerprint density at radius 1 is 1.32 bits per heavy atom. The third-order valence-electron chi connectivity index (χ3n) is 3.66. The second-order valence-electron chi connectivity index (χ2n) is 6.35. The number of ketones is 1. The molecule has 0 saturated carbocycles. The summed E-state index contributed by atoms with van der Waals surface area (Å²) in [5.74, 6) is 0.668. The van der Waals surface area contributed by atoms with Gasteiger partial charge in [0, 0.05) is 24.4 Å². The molecule has 106 valence electrons. The lowest BCUT2D eigenvalue weighted by Crippen LogP contribution is -2.24. The van der Waals surface area contributed by atoms with Gasteiger partial charge in [0.1, 0.15) is 0 Å². The molecule has 0 fully saturated rings. The third-order valence-corrected chi connectivity index (χ3v) is 3.66. The van der Waals surface area contributed by atoms with Crippen molar-refractivity contribution in [1.82, 2.24) is 4.98 Å². The van der Waals surface area contributed by atoms with Gasteiger partial charge in [0.15, 0.2) is 5.78 Å². The number of aryl methyl sites for hydroxylation is 1. The van der Waals surface area contributed by atoms with Gasteiger partial charge in [0.2, 0.25) is 0 Å². The van der Waals surface area contributed by atoms with E-state index in [9.17, 15) is 4.79 Å². The average molecular weight is 262 g/mol. The van der Waals surface area contributed by atoms with Crippen LogP contribution in [0.25, 0.3) is 0 Å². The zero-order valence-corrected chi connectivity index (χ0v) is 12.6. The molecule has 0 amide bonds. The quantitative estimate of drug-likeness (QED) is 0.800. The van der Waals surface area contributed by atoms with E-state index in [1.54, 1.807) is 12.4 Å². The molecule has 3 heteroatoms. The fourth-order valence-corrected chi connectivity index (χ4v) is 2.37. The molecular formula is C16H26N2O. The summed E-state index contributed by atoms with van der Waals surface area (Å²) >= 11 is 0. The smallest absolute Gasteiger partial charge is 0.164 e. The van der Waals surface area contributed by atoms with Gasteiger partial charge in [0.05, 0.1) is 0 Å². The van der Waals surface area contributed by atoms with E-state index in [0.717, 1.165) is 24.0 Å². The zero-order valence-electron chi connectivity index (χ0n) is 12.6. The largest absolute Gasteiger partial charge is 0.330 e. The van der Waals surface area contributed by atoms with Crippen molar-refractivity contribution in [3.63, 3.8) is 0 Å². The fraction of sp³-hybridized carbons (Fsp3) is 0.625. The van der Waals surface area contributed by atoms with Crippen molar-refractivity contribution in [2.45, 2.75) is 47.0 Å². The lowest BCUT2D eigenvalue weighted by Gasteiger charge is -2.30. The van der Waals surface area contributed by atoms with Crippen molar-refractivity contribution in [2.24, 2.45) is 17.1 Å². The molecule has 2 N–H and O–H groups in total. The fourth-order valence-electron chi connectivity index (χ4n) is 2.37. The van der Waals surface area contributed by atoms with E-state index in [4.69, 9.17) is 5.73 Å². The number of nitrogens with two attached hydrogens (primary N) is 1. The van der Waals surface area contributed by atoms with Crippen LogP contribution in [-0.4, -0.2) is 17.3 Å². The third kappa shape index (κ3) is 5.11. The molecule has 1 atom stereocenters. The molecule has 19 heavy (non-hydrogen) atoms. The van der Waals surface area contributed by atoms with E-state index in [-0.39, 0.29) is 11.2 Å². The predicted molar refractivity (Wildman–Crippen MR) is 79.2 cm³/mol. The van der Waals surface area contributed by atoms with Gasteiger partial charge in [0.25, 0.3) is 0 Å². The number of nitrogens with zero attached hydrogens (tertiary/aromatic N) is 1. The summed E-state index contributed by atoms with van der Waals surface area (Å²) < 4.78 is 0. The van der Waals surface area contributed by atoms with Gasteiger partial charge >= 0.3 is 0 Å². The minimum absolute atomic E-state index is 0.183. The molecule has 0 aliphatic carbocycles. The van der Waals surface area contributed by atoms with E-state index < -0.39 is 0 Å². The molecule has 0 spiro atoms. The van der Waals surface area contributed by atoms with E-state index in [1.807, 2.05) is 13.0 Å². The molecule has 1 heterocycles. The Bertz CT molecular complexity index is 421. The van der Waals surface area contributed by atoms with E-state index in [1.165, 1.54) is 0 Å². The van der Waals surface area contributed by atoms with Crippen LogP contribution in [-0.2, 0) is 0 Å². The Kier molecular flexibility index (Phi) is 5.67. The first-order valence-corrected chi connectivity index (χ1v) is 6.99. The summed E-state index contributed by atoms with van der Waals surface area (Å²) in [5.41, 5.74) is 7.62. The van der Waals surface area contributed by atoms with Crippen LogP contribution in [0.15, 0.2) is 18.5 Å². The number of carbonyl (C=O) groups is 1. The molecule has 0 aliphatic heterocycles. The number of Topliss-reactive ketones (excluding diaryl/α,β-unsaturated/α-hetero) is 1. The highest BCUT2D eigenvalue weighted by atomic mass is 16.1. The van der Waals surface area contributed by atoms with Crippen molar-refractivity contribution in [3.8, 4) is 0 Å². The maximum Gasteiger partial charge on any atom is 0.164 e. The van der Waals surface area contributed by atoms with E-state index in [2.05, 4.69) is 25.8 Å². The molecule has 0 saturated heterocycles. The first-order chi connectivity index (χ1) is 8.84. The maximum atomic E-state index is 12.2. The Morgan fingerprint density at radius 3 is 2.53 bits per heavy atom. The second kappa shape index (κ2) is 6.80. The van der Waals surface area contributed by atoms with Crippen molar-refractivity contribution >= 4 is 5.78 Å². The number of hydrogen-bond acceptors (Lipinski definition) is 3. The molecule has 0 bridgehead atoms. The summed E-state index contributed by atoms with van der Waals surface area (Å²) in [6.45, 7) is 9.28. The zero-order chi connectivity index (χ0) is 14.5. The summed E-state index contributed by atoms with van der Waals surface area (Å²) in [6.07, 6.45) is 5.87. The topological polar surface area (TPSA) is 56.0 Å². The van der Waals surface area contributed by atoms with Crippen molar-refractivity contribution in [1.29, 1.82) is 0 Å². The molecule has 1 aromatic heterocycles. The summed E-state index contributed by atoms with van der Waals surface area (Å²) in [6, 6.07) is 1.91. The van der Waals surface area contributed by atoms with Crippen LogP contribution in [0.3, 0.4) is 0 Å². The average Bonchev–Trinajstić information content (AvgIpc) is 2.32. The first-order valence-electron chi connectivity index (χ1n) is 6.99. The lowest BCUT2D eigenvalue weighted by atomic mass is 9.76. The van der Waals surface area contributed by atoms with Gasteiger partial charge < -0.3 is 5.73 Å². The van der Waals surface area contributed by atoms with Crippen LogP contribution >= 0.6 is 0 Å². The molecule has 0 radical (unpaired) electrons. The van der Waals surface area contributed by atoms with E-state index in [0.29, 0.717) is 18.9 Å². The van der Waals surface area contributed by atoms with Crippen molar-refractivity contribution in [3.05, 3.63) is 29.6 Å².